The number of carbonyl (C=O) groups is 1. The van der Waals surface area contributed by atoms with E-state index in [4.69, 9.17) is 0 Å². The number of hydrogen-bond acceptors (Lipinski definition) is 8. The van der Waals surface area contributed by atoms with Gasteiger partial charge in [-0.05, 0) is 31.5 Å². The average molecular weight is 448 g/mol. The van der Waals surface area contributed by atoms with Crippen molar-refractivity contribution in [3.8, 4) is 5.82 Å². The van der Waals surface area contributed by atoms with Gasteiger partial charge in [0.05, 0.1) is 11.8 Å². The van der Waals surface area contributed by atoms with Crippen molar-refractivity contribution in [1.29, 1.82) is 0 Å². The lowest BCUT2D eigenvalue weighted by Crippen LogP contribution is -2.21. The molecule has 168 valence electrons. The summed E-state index contributed by atoms with van der Waals surface area (Å²) >= 11 is 0. The second kappa shape index (κ2) is 8.08. The van der Waals surface area contributed by atoms with E-state index in [1.54, 1.807) is 50.6 Å². The van der Waals surface area contributed by atoms with Crippen molar-refractivity contribution in [2.24, 2.45) is 5.92 Å². The third-order valence-corrected chi connectivity index (χ3v) is 5.53. The van der Waals surface area contributed by atoms with E-state index in [-0.39, 0.29) is 29.4 Å². The number of halogens is 1. The Morgan fingerprint density at radius 3 is 2.85 bits per heavy atom. The minimum Gasteiger partial charge on any atom is -0.373 e. The van der Waals surface area contributed by atoms with Crippen LogP contribution in [-0.2, 0) is 0 Å². The van der Waals surface area contributed by atoms with Gasteiger partial charge >= 0.3 is 0 Å². The molecule has 0 spiro atoms. The molecule has 4 heterocycles. The van der Waals surface area contributed by atoms with Crippen molar-refractivity contribution in [2.75, 3.05) is 17.7 Å². The van der Waals surface area contributed by atoms with Crippen molar-refractivity contribution in [3.05, 3.63) is 64.6 Å². The lowest BCUT2D eigenvalue weighted by molar-refractivity contribution is 0.0974. The molecule has 0 saturated heterocycles. The normalized spacial score (nSPS) is 17.2. The Hall–Kier alpha value is -4.15. The molecule has 33 heavy (non-hydrogen) atoms. The average Bonchev–Trinajstić information content (AvgIpc) is 3.31. The Bertz CT molecular complexity index is 1430. The third kappa shape index (κ3) is 3.93. The van der Waals surface area contributed by atoms with E-state index in [2.05, 4.69) is 30.7 Å². The Kier molecular flexibility index (Phi) is 5.08. The number of ketones is 1. The molecule has 0 amide bonds. The molecule has 4 aromatic rings. The minimum atomic E-state index is -0.909. The Morgan fingerprint density at radius 1 is 1.30 bits per heavy atom. The first-order valence-electron chi connectivity index (χ1n) is 10.5. The summed E-state index contributed by atoms with van der Waals surface area (Å²) in [5.41, 5.74) is 0.596. The first-order valence-corrected chi connectivity index (χ1v) is 10.5. The molecule has 11 heteroatoms. The maximum atomic E-state index is 13.3. The Morgan fingerprint density at radius 2 is 2.12 bits per heavy atom. The van der Waals surface area contributed by atoms with E-state index in [9.17, 15) is 14.0 Å². The molecule has 2 N–H and O–H groups in total. The van der Waals surface area contributed by atoms with Gasteiger partial charge in [-0.15, -0.1) is 0 Å². The first-order chi connectivity index (χ1) is 15.9. The van der Waals surface area contributed by atoms with Crippen LogP contribution in [0, 0.1) is 12.8 Å². The number of aromatic nitrogens is 6. The van der Waals surface area contributed by atoms with Gasteiger partial charge in [0.1, 0.15) is 35.1 Å². The number of nitrogens with one attached hydrogen (secondary N) is 2. The van der Waals surface area contributed by atoms with E-state index in [0.29, 0.717) is 40.9 Å². The predicted molar refractivity (Wildman–Crippen MR) is 120 cm³/mol. The highest BCUT2D eigenvalue weighted by Gasteiger charge is 2.39. The van der Waals surface area contributed by atoms with Gasteiger partial charge in [-0.25, -0.2) is 19.3 Å². The largest absolute Gasteiger partial charge is 0.373 e. The number of nitrogens with zero attached hydrogens (tertiary/aromatic N) is 6. The number of aryl methyl sites for hydroxylation is 1. The Balaban J connectivity index is 1.52. The van der Waals surface area contributed by atoms with Gasteiger partial charge in [0.15, 0.2) is 11.4 Å². The molecule has 10 nitrogen and oxygen atoms in total. The van der Waals surface area contributed by atoms with Gasteiger partial charge in [-0.1, -0.05) is 0 Å². The minimum absolute atomic E-state index is 0.123. The van der Waals surface area contributed by atoms with E-state index >= 15 is 0 Å². The van der Waals surface area contributed by atoms with Crippen molar-refractivity contribution < 1.29 is 9.18 Å². The van der Waals surface area contributed by atoms with Gasteiger partial charge in [-0.2, -0.15) is 9.61 Å². The predicted octanol–water partition coefficient (Wildman–Crippen LogP) is 2.69. The number of rotatable bonds is 7. The summed E-state index contributed by atoms with van der Waals surface area (Å²) in [7, 11) is 1.71. The molecule has 5 rings (SSSR count). The summed E-state index contributed by atoms with van der Waals surface area (Å²) in [5, 5.41) is 10.3. The van der Waals surface area contributed by atoms with Crippen LogP contribution in [0.5, 0.6) is 0 Å². The fraction of sp³-hybridized carbons (Fsp3) is 0.273. The van der Waals surface area contributed by atoms with Crippen LogP contribution in [0.3, 0.4) is 0 Å². The fourth-order valence-electron chi connectivity index (χ4n) is 3.66. The fourth-order valence-corrected chi connectivity index (χ4v) is 3.66. The maximum Gasteiger partial charge on any atom is 0.279 e. The van der Waals surface area contributed by atoms with Gasteiger partial charge in [-0.3, -0.25) is 14.2 Å². The zero-order chi connectivity index (χ0) is 23.1. The van der Waals surface area contributed by atoms with Gasteiger partial charge in [0.25, 0.3) is 5.56 Å². The molecule has 1 fully saturated rings. The molecule has 4 aromatic heterocycles. The molecule has 0 bridgehead atoms. The van der Waals surface area contributed by atoms with Gasteiger partial charge in [0.2, 0.25) is 0 Å². The molecule has 1 aliphatic carbocycles. The van der Waals surface area contributed by atoms with E-state index in [0.717, 1.165) is 0 Å². The van der Waals surface area contributed by atoms with Crippen LogP contribution < -0.4 is 16.2 Å². The zero-order valence-electron chi connectivity index (χ0n) is 18.0. The van der Waals surface area contributed by atoms with Crippen molar-refractivity contribution in [1.82, 2.24) is 29.1 Å². The quantitative estimate of drug-likeness (QED) is 0.414. The standard InChI is InChI=1S/C22H21FN8O2/c1-12-25-6-5-19(27-12)30-7-3-4-16(22(30)33)28-18-10-20(24-2)31-21(29-18)14(11-26-31)17(32)9-13-8-15(13)23/h3-7,10-11,13,15,24H,8-9H2,1-2H3,(H,28,29)/t13-,15-/m0/s1. The molecule has 1 aliphatic rings. The highest BCUT2D eigenvalue weighted by molar-refractivity contribution is 6.02. The second-order valence-corrected chi connectivity index (χ2v) is 7.89. The van der Waals surface area contributed by atoms with Gasteiger partial charge in [0, 0.05) is 37.8 Å². The lowest BCUT2D eigenvalue weighted by Gasteiger charge is -2.11. The lowest BCUT2D eigenvalue weighted by atomic mass is 10.1. The molecule has 0 unspecified atom stereocenters. The molecule has 2 atom stereocenters. The van der Waals surface area contributed by atoms with Crippen LogP contribution in [0.2, 0.25) is 0 Å². The van der Waals surface area contributed by atoms with Crippen molar-refractivity contribution >= 4 is 28.8 Å². The summed E-state index contributed by atoms with van der Waals surface area (Å²) < 4.78 is 16.2. The van der Waals surface area contributed by atoms with Gasteiger partial charge < -0.3 is 10.6 Å². The first kappa shape index (κ1) is 20.7. The molecule has 0 aliphatic heterocycles. The van der Waals surface area contributed by atoms with Crippen LogP contribution in [-0.4, -0.2) is 48.1 Å². The van der Waals surface area contributed by atoms with E-state index < -0.39 is 6.17 Å². The van der Waals surface area contributed by atoms with Crippen LogP contribution in [0.4, 0.5) is 21.7 Å². The van der Waals surface area contributed by atoms with E-state index in [1.807, 2.05) is 0 Å². The van der Waals surface area contributed by atoms with Crippen LogP contribution in [0.25, 0.3) is 11.5 Å². The summed E-state index contributed by atoms with van der Waals surface area (Å²) in [4.78, 5) is 38.7. The summed E-state index contributed by atoms with van der Waals surface area (Å²) in [5.74, 6) is 1.48. The smallest absolute Gasteiger partial charge is 0.279 e. The number of pyridine rings is 1. The number of alkyl halides is 1. The molecular formula is C22H21FN8O2. The third-order valence-electron chi connectivity index (χ3n) is 5.53. The molecular weight excluding hydrogens is 427 g/mol. The summed E-state index contributed by atoms with van der Waals surface area (Å²) in [6, 6.07) is 6.68. The van der Waals surface area contributed by atoms with E-state index in [1.165, 1.54) is 15.3 Å². The molecule has 0 aromatic carbocycles. The maximum absolute atomic E-state index is 13.3. The number of fused-ring (bicyclic) bond motifs is 1. The number of hydrogen-bond donors (Lipinski definition) is 2. The van der Waals surface area contributed by atoms with Crippen molar-refractivity contribution in [2.45, 2.75) is 25.9 Å². The second-order valence-electron chi connectivity index (χ2n) is 7.89. The van der Waals surface area contributed by atoms with Crippen LogP contribution in [0.1, 0.15) is 29.0 Å². The monoisotopic (exact) mass is 448 g/mol. The Labute approximate surface area is 187 Å². The number of carbonyl (C=O) groups excluding carboxylic acids is 1. The highest BCUT2D eigenvalue weighted by Crippen LogP contribution is 2.38. The van der Waals surface area contributed by atoms with Crippen LogP contribution >= 0.6 is 0 Å². The summed E-state index contributed by atoms with van der Waals surface area (Å²) in [6.07, 6.45) is 4.28. The van der Waals surface area contributed by atoms with Crippen LogP contribution in [0.15, 0.2) is 47.7 Å². The topological polar surface area (TPSA) is 119 Å². The number of Topliss-reactive ketones (excluding diaryl/α,β-unsaturated/α-hetero) is 1. The van der Waals surface area contributed by atoms with Crippen molar-refractivity contribution in [3.63, 3.8) is 0 Å². The SMILES string of the molecule is CNc1cc(Nc2cccn(-c3ccnc(C)n3)c2=O)nc2c(C(=O)C[C@@H]3C[C@@H]3F)cnn12. The summed E-state index contributed by atoms with van der Waals surface area (Å²) in [6.45, 7) is 1.75. The number of anilines is 3. The molecule has 1 saturated carbocycles. The molecule has 0 radical (unpaired) electrons. The highest BCUT2D eigenvalue weighted by atomic mass is 19.1. The zero-order valence-corrected chi connectivity index (χ0v) is 18.0.